The number of imidazole rings is 1. The maximum absolute atomic E-state index is 12.8. The van der Waals surface area contributed by atoms with Crippen LogP contribution in [0.5, 0.6) is 0 Å². The van der Waals surface area contributed by atoms with Crippen LogP contribution in [0.2, 0.25) is 0 Å². The van der Waals surface area contributed by atoms with E-state index in [9.17, 15) is 4.39 Å². The number of halogens is 1. The van der Waals surface area contributed by atoms with Crippen molar-refractivity contribution in [2.24, 2.45) is 5.73 Å². The zero-order valence-corrected chi connectivity index (χ0v) is 8.70. The minimum Gasteiger partial charge on any atom is -0.340 e. The Hall–Kier alpha value is -1.68. The number of aromatic nitrogens is 2. The fraction of sp³-hybridized carbons (Fsp3) is 0.250. The van der Waals surface area contributed by atoms with Gasteiger partial charge in [0.15, 0.2) is 0 Å². The van der Waals surface area contributed by atoms with Crippen LogP contribution in [0.25, 0.3) is 11.3 Å². The summed E-state index contributed by atoms with van der Waals surface area (Å²) in [5.74, 6) is 0.591. The van der Waals surface area contributed by atoms with E-state index in [0.717, 1.165) is 29.9 Å². The number of hydrogen-bond donors (Lipinski definition) is 2. The van der Waals surface area contributed by atoms with Gasteiger partial charge in [0, 0.05) is 0 Å². The molecule has 0 atom stereocenters. The summed E-state index contributed by atoms with van der Waals surface area (Å²) in [5, 5.41) is 0. The van der Waals surface area contributed by atoms with Gasteiger partial charge in [-0.15, -0.1) is 0 Å². The van der Waals surface area contributed by atoms with Crippen LogP contribution >= 0.6 is 0 Å². The van der Waals surface area contributed by atoms with E-state index < -0.39 is 0 Å². The Morgan fingerprint density at radius 2 is 1.94 bits per heavy atom. The van der Waals surface area contributed by atoms with Crippen molar-refractivity contribution in [1.29, 1.82) is 0 Å². The zero-order chi connectivity index (χ0) is 11.2. The molecule has 0 radical (unpaired) electrons. The molecule has 3 nitrogen and oxygen atoms in total. The Kier molecular flexibility index (Phi) is 1.88. The molecule has 0 spiro atoms. The highest BCUT2D eigenvalue weighted by Crippen LogP contribution is 2.41. The summed E-state index contributed by atoms with van der Waals surface area (Å²) in [5.41, 5.74) is 7.58. The van der Waals surface area contributed by atoms with Gasteiger partial charge in [0.2, 0.25) is 0 Å². The molecule has 0 aliphatic heterocycles. The number of benzene rings is 1. The van der Waals surface area contributed by atoms with Crippen molar-refractivity contribution in [2.45, 2.75) is 18.4 Å². The van der Waals surface area contributed by atoms with Crippen molar-refractivity contribution in [1.82, 2.24) is 9.97 Å². The van der Waals surface area contributed by atoms with E-state index >= 15 is 0 Å². The smallest absolute Gasteiger partial charge is 0.126 e. The minimum atomic E-state index is -0.252. The van der Waals surface area contributed by atoms with Crippen molar-refractivity contribution < 1.29 is 4.39 Å². The third-order valence-electron chi connectivity index (χ3n) is 2.99. The Labute approximate surface area is 92.5 Å². The average Bonchev–Trinajstić information content (AvgIpc) is 2.84. The molecule has 1 aliphatic rings. The van der Waals surface area contributed by atoms with E-state index in [1.54, 1.807) is 18.3 Å². The average molecular weight is 217 g/mol. The molecule has 0 amide bonds. The van der Waals surface area contributed by atoms with Crippen molar-refractivity contribution in [3.63, 3.8) is 0 Å². The quantitative estimate of drug-likeness (QED) is 0.809. The molecule has 1 heterocycles. The molecular formula is C12H12FN3. The van der Waals surface area contributed by atoms with Gasteiger partial charge in [-0.05, 0) is 42.7 Å². The van der Waals surface area contributed by atoms with Crippen LogP contribution in [-0.2, 0) is 5.54 Å². The van der Waals surface area contributed by atoms with Crippen molar-refractivity contribution in [2.75, 3.05) is 0 Å². The SMILES string of the molecule is NC1(c2ncc(-c3ccc(F)cc3)[nH]2)CC1. The van der Waals surface area contributed by atoms with Gasteiger partial charge in [-0.25, -0.2) is 9.37 Å². The Morgan fingerprint density at radius 1 is 1.25 bits per heavy atom. The molecule has 1 aromatic carbocycles. The third-order valence-corrected chi connectivity index (χ3v) is 2.99. The summed E-state index contributed by atoms with van der Waals surface area (Å²) in [6, 6.07) is 6.32. The molecule has 2 aromatic rings. The lowest BCUT2D eigenvalue weighted by Crippen LogP contribution is -2.20. The van der Waals surface area contributed by atoms with Crippen molar-refractivity contribution >= 4 is 0 Å². The maximum atomic E-state index is 12.8. The molecular weight excluding hydrogens is 205 g/mol. The number of hydrogen-bond acceptors (Lipinski definition) is 2. The van der Waals surface area contributed by atoms with Gasteiger partial charge in [0.1, 0.15) is 11.6 Å². The van der Waals surface area contributed by atoms with Crippen LogP contribution in [0, 0.1) is 5.82 Å². The van der Waals surface area contributed by atoms with Crippen LogP contribution in [0.3, 0.4) is 0 Å². The zero-order valence-electron chi connectivity index (χ0n) is 8.70. The predicted molar refractivity (Wildman–Crippen MR) is 59.1 cm³/mol. The van der Waals surface area contributed by atoms with E-state index in [2.05, 4.69) is 9.97 Å². The fourth-order valence-electron chi connectivity index (χ4n) is 1.72. The highest BCUT2D eigenvalue weighted by molar-refractivity contribution is 5.58. The van der Waals surface area contributed by atoms with Crippen LogP contribution in [0.4, 0.5) is 4.39 Å². The Morgan fingerprint density at radius 3 is 2.56 bits per heavy atom. The summed E-state index contributed by atoms with van der Waals surface area (Å²) in [4.78, 5) is 7.47. The van der Waals surface area contributed by atoms with Crippen molar-refractivity contribution in [3.8, 4) is 11.3 Å². The molecule has 4 heteroatoms. The number of H-pyrrole nitrogens is 1. The highest BCUT2D eigenvalue weighted by atomic mass is 19.1. The first-order valence-corrected chi connectivity index (χ1v) is 5.28. The second-order valence-corrected chi connectivity index (χ2v) is 4.31. The molecule has 3 N–H and O–H groups in total. The molecule has 1 saturated carbocycles. The first kappa shape index (κ1) is 9.54. The lowest BCUT2D eigenvalue weighted by Gasteiger charge is -2.03. The summed E-state index contributed by atoms with van der Waals surface area (Å²) in [6.45, 7) is 0. The van der Waals surface area contributed by atoms with E-state index in [-0.39, 0.29) is 11.4 Å². The molecule has 1 fully saturated rings. The van der Waals surface area contributed by atoms with Gasteiger partial charge >= 0.3 is 0 Å². The van der Waals surface area contributed by atoms with Crippen LogP contribution in [0.1, 0.15) is 18.7 Å². The third kappa shape index (κ3) is 1.51. The monoisotopic (exact) mass is 217 g/mol. The highest BCUT2D eigenvalue weighted by Gasteiger charge is 2.42. The second-order valence-electron chi connectivity index (χ2n) is 4.31. The largest absolute Gasteiger partial charge is 0.340 e. The van der Waals surface area contributed by atoms with Crippen LogP contribution in [-0.4, -0.2) is 9.97 Å². The molecule has 0 unspecified atom stereocenters. The van der Waals surface area contributed by atoms with Gasteiger partial charge in [-0.1, -0.05) is 0 Å². The molecule has 0 bridgehead atoms. The molecule has 16 heavy (non-hydrogen) atoms. The summed E-state index contributed by atoms with van der Waals surface area (Å²) in [7, 11) is 0. The number of nitrogens with zero attached hydrogens (tertiary/aromatic N) is 1. The fourth-order valence-corrected chi connectivity index (χ4v) is 1.72. The summed E-state index contributed by atoms with van der Waals surface area (Å²) < 4.78 is 12.8. The molecule has 1 aliphatic carbocycles. The minimum absolute atomic E-state index is 0.235. The maximum Gasteiger partial charge on any atom is 0.126 e. The van der Waals surface area contributed by atoms with E-state index in [1.807, 2.05) is 0 Å². The molecule has 82 valence electrons. The van der Waals surface area contributed by atoms with Crippen molar-refractivity contribution in [3.05, 3.63) is 42.1 Å². The van der Waals surface area contributed by atoms with Gasteiger partial charge in [-0.2, -0.15) is 0 Å². The van der Waals surface area contributed by atoms with E-state index in [0.29, 0.717) is 0 Å². The number of aromatic amines is 1. The standard InChI is InChI=1S/C12H12FN3/c13-9-3-1-8(2-4-9)10-7-15-11(16-10)12(14)5-6-12/h1-4,7H,5-6,14H2,(H,15,16). The lowest BCUT2D eigenvalue weighted by atomic mass is 10.2. The van der Waals surface area contributed by atoms with Gasteiger partial charge in [0.05, 0.1) is 17.4 Å². The van der Waals surface area contributed by atoms with Gasteiger partial charge in [0.25, 0.3) is 0 Å². The predicted octanol–water partition coefficient (Wildman–Crippen LogP) is 2.16. The van der Waals surface area contributed by atoms with Gasteiger partial charge < -0.3 is 10.7 Å². The molecule has 3 rings (SSSR count). The van der Waals surface area contributed by atoms with E-state index in [4.69, 9.17) is 5.73 Å². The van der Waals surface area contributed by atoms with Crippen LogP contribution in [0.15, 0.2) is 30.5 Å². The normalized spacial score (nSPS) is 17.4. The summed E-state index contributed by atoms with van der Waals surface area (Å²) >= 11 is 0. The molecule has 0 saturated heterocycles. The van der Waals surface area contributed by atoms with Crippen LogP contribution < -0.4 is 5.73 Å². The first-order valence-electron chi connectivity index (χ1n) is 5.28. The lowest BCUT2D eigenvalue weighted by molar-refractivity contribution is 0.628. The first-order chi connectivity index (χ1) is 7.67. The Balaban J connectivity index is 1.95. The van der Waals surface area contributed by atoms with E-state index in [1.165, 1.54) is 12.1 Å². The van der Waals surface area contributed by atoms with Gasteiger partial charge in [-0.3, -0.25) is 0 Å². The Bertz CT molecular complexity index is 511. The summed E-state index contributed by atoms with van der Waals surface area (Å²) in [6.07, 6.45) is 3.70. The topological polar surface area (TPSA) is 54.7 Å². The number of nitrogens with two attached hydrogens (primary N) is 1. The number of rotatable bonds is 2. The molecule has 1 aromatic heterocycles. The number of nitrogens with one attached hydrogen (secondary N) is 1. The second kappa shape index (κ2) is 3.15.